The molecule has 0 aromatic rings. The molecule has 1 fully saturated rings. The van der Waals surface area contributed by atoms with Crippen LogP contribution in [0.25, 0.3) is 0 Å². The molecule has 0 aromatic heterocycles. The lowest BCUT2D eigenvalue weighted by Gasteiger charge is -2.31. The minimum absolute atomic E-state index is 0.0966. The van der Waals surface area contributed by atoms with Crippen LogP contribution in [-0.2, 0) is 19.1 Å². The molecule has 1 rings (SSSR count). The lowest BCUT2D eigenvalue weighted by Crippen LogP contribution is -2.55. The smallest absolute Gasteiger partial charge is 0.251 e. The van der Waals surface area contributed by atoms with E-state index in [4.69, 9.17) is 20.5 Å². The van der Waals surface area contributed by atoms with Gasteiger partial charge in [0.25, 0.3) is 5.96 Å². The second-order valence-electron chi connectivity index (χ2n) is 12.3. The van der Waals surface area contributed by atoms with Crippen molar-refractivity contribution in [2.45, 2.75) is 142 Å². The molecule has 13 heteroatoms. The Morgan fingerprint density at radius 2 is 1.60 bits per heavy atom. The van der Waals surface area contributed by atoms with Crippen molar-refractivity contribution in [2.75, 3.05) is 19.8 Å². The van der Waals surface area contributed by atoms with Crippen LogP contribution in [0.2, 0.25) is 0 Å². The minimum Gasteiger partial charge on any atom is -0.365 e. The SMILES string of the molecule is CCOC(OCC)[C@H](CC(C)C)NC(=O)[C@H](CCCN=C(N)N[N+](=O)[O-])NC(=O)C(CCCCCCCCC#N)C1CCCC1. The summed E-state index contributed by atoms with van der Waals surface area (Å²) < 4.78 is 11.7. The van der Waals surface area contributed by atoms with Gasteiger partial charge in [0.2, 0.25) is 11.8 Å². The van der Waals surface area contributed by atoms with Crippen molar-refractivity contribution >= 4 is 17.8 Å². The van der Waals surface area contributed by atoms with Gasteiger partial charge in [0.05, 0.1) is 12.1 Å². The number of nitrogens with zero attached hydrogens (tertiary/aromatic N) is 3. The third-order valence-corrected chi connectivity index (χ3v) is 8.17. The molecule has 0 saturated heterocycles. The third-order valence-electron chi connectivity index (χ3n) is 8.17. The predicted molar refractivity (Wildman–Crippen MR) is 174 cm³/mol. The summed E-state index contributed by atoms with van der Waals surface area (Å²) >= 11 is 0. The monoisotopic (exact) mass is 637 g/mol. The molecule has 0 aromatic carbocycles. The van der Waals surface area contributed by atoms with Gasteiger partial charge in [-0.2, -0.15) is 5.26 Å². The molecule has 13 nitrogen and oxygen atoms in total. The first kappa shape index (κ1) is 40.0. The van der Waals surface area contributed by atoms with Crippen molar-refractivity contribution in [1.29, 1.82) is 5.26 Å². The van der Waals surface area contributed by atoms with Gasteiger partial charge in [0.1, 0.15) is 6.04 Å². The van der Waals surface area contributed by atoms with Gasteiger partial charge in [-0.1, -0.05) is 64.2 Å². The van der Waals surface area contributed by atoms with Crippen LogP contribution < -0.4 is 21.8 Å². The lowest BCUT2D eigenvalue weighted by atomic mass is 9.85. The number of aliphatic imine (C=N–C) groups is 1. The maximum atomic E-state index is 13.8. The Bertz CT molecular complexity index is 914. The quantitative estimate of drug-likeness (QED) is 0.0273. The highest BCUT2D eigenvalue weighted by molar-refractivity contribution is 5.88. The summed E-state index contributed by atoms with van der Waals surface area (Å²) in [6.45, 7) is 8.89. The van der Waals surface area contributed by atoms with Crippen molar-refractivity contribution in [3.8, 4) is 6.07 Å². The fraction of sp³-hybridized carbons (Fsp3) is 0.875. The van der Waals surface area contributed by atoms with E-state index in [9.17, 15) is 19.7 Å². The highest BCUT2D eigenvalue weighted by Crippen LogP contribution is 2.34. The van der Waals surface area contributed by atoms with E-state index in [0.29, 0.717) is 38.4 Å². The molecule has 1 aliphatic rings. The average molecular weight is 638 g/mol. The van der Waals surface area contributed by atoms with Gasteiger partial charge in [0, 0.05) is 32.1 Å². The highest BCUT2D eigenvalue weighted by atomic mass is 16.7. The lowest BCUT2D eigenvalue weighted by molar-refractivity contribution is -0.525. The number of carbonyl (C=O) groups is 2. The van der Waals surface area contributed by atoms with Crippen molar-refractivity contribution in [3.63, 3.8) is 0 Å². The molecular formula is C32H59N7O6. The van der Waals surface area contributed by atoms with Crippen LogP contribution in [0.1, 0.15) is 124 Å². The zero-order valence-corrected chi connectivity index (χ0v) is 28.1. The molecule has 45 heavy (non-hydrogen) atoms. The Labute approximate surface area is 269 Å². The minimum atomic E-state index is -0.819. The summed E-state index contributed by atoms with van der Waals surface area (Å²) in [7, 11) is 0. The van der Waals surface area contributed by atoms with Crippen LogP contribution in [0.3, 0.4) is 0 Å². The molecule has 0 heterocycles. The van der Waals surface area contributed by atoms with Crippen LogP contribution in [0.5, 0.6) is 0 Å². The Hall–Kier alpha value is -2.98. The Balaban J connectivity index is 3.03. The van der Waals surface area contributed by atoms with Crippen molar-refractivity contribution in [1.82, 2.24) is 16.1 Å². The van der Waals surface area contributed by atoms with Crippen LogP contribution >= 0.6 is 0 Å². The first-order valence-electron chi connectivity index (χ1n) is 17.0. The Morgan fingerprint density at radius 1 is 0.978 bits per heavy atom. The number of nitrogens with two attached hydrogens (primary N) is 1. The van der Waals surface area contributed by atoms with Gasteiger partial charge in [-0.3, -0.25) is 9.59 Å². The number of ether oxygens (including phenoxy) is 2. The molecule has 0 bridgehead atoms. The first-order chi connectivity index (χ1) is 21.6. The third kappa shape index (κ3) is 17.9. The molecule has 0 spiro atoms. The number of rotatable bonds is 25. The number of amides is 2. The second kappa shape index (κ2) is 24.3. The van der Waals surface area contributed by atoms with Crippen molar-refractivity contribution in [2.24, 2.45) is 28.5 Å². The van der Waals surface area contributed by atoms with E-state index >= 15 is 0 Å². The van der Waals surface area contributed by atoms with E-state index < -0.39 is 23.4 Å². The zero-order chi connectivity index (χ0) is 33.5. The number of unbranched alkanes of at least 4 members (excludes halogenated alkanes) is 6. The molecule has 258 valence electrons. The van der Waals surface area contributed by atoms with Crippen molar-refractivity contribution < 1.29 is 24.1 Å². The number of hydrogen-bond acceptors (Lipinski definition) is 8. The molecule has 1 aliphatic carbocycles. The van der Waals surface area contributed by atoms with E-state index in [2.05, 4.69) is 35.5 Å². The van der Waals surface area contributed by atoms with Gasteiger partial charge >= 0.3 is 0 Å². The molecule has 0 aliphatic heterocycles. The zero-order valence-electron chi connectivity index (χ0n) is 28.1. The fourth-order valence-corrected chi connectivity index (χ4v) is 6.03. The van der Waals surface area contributed by atoms with E-state index in [-0.39, 0.29) is 42.6 Å². The van der Waals surface area contributed by atoms with E-state index in [1.54, 1.807) is 0 Å². The summed E-state index contributed by atoms with van der Waals surface area (Å²) in [5, 5.41) is 24.7. The highest BCUT2D eigenvalue weighted by Gasteiger charge is 2.34. The number of hydrogen-bond donors (Lipinski definition) is 4. The Kier molecular flexibility index (Phi) is 21.6. The Morgan fingerprint density at radius 3 is 2.18 bits per heavy atom. The normalized spacial score (nSPS) is 15.9. The molecular weight excluding hydrogens is 578 g/mol. The molecule has 1 saturated carbocycles. The maximum Gasteiger partial charge on any atom is 0.251 e. The molecule has 1 unspecified atom stereocenters. The van der Waals surface area contributed by atoms with Gasteiger partial charge in [0.15, 0.2) is 11.3 Å². The van der Waals surface area contributed by atoms with Gasteiger partial charge < -0.3 is 25.8 Å². The number of carbonyl (C=O) groups excluding carboxylic acids is 2. The van der Waals surface area contributed by atoms with Crippen LogP contribution in [0.15, 0.2) is 4.99 Å². The largest absolute Gasteiger partial charge is 0.365 e. The summed E-state index contributed by atoms with van der Waals surface area (Å²) in [5.41, 5.74) is 7.36. The van der Waals surface area contributed by atoms with Crippen molar-refractivity contribution in [3.05, 3.63) is 10.1 Å². The van der Waals surface area contributed by atoms with Gasteiger partial charge in [-0.15, -0.1) is 0 Å². The molecule has 0 radical (unpaired) electrons. The van der Waals surface area contributed by atoms with Crippen LogP contribution in [0.4, 0.5) is 0 Å². The van der Waals surface area contributed by atoms with Gasteiger partial charge in [-0.05, 0) is 70.6 Å². The molecule has 5 N–H and O–H groups in total. The summed E-state index contributed by atoms with van der Waals surface area (Å²) in [6.07, 6.45) is 12.5. The molecule has 3 atom stereocenters. The average Bonchev–Trinajstić information content (AvgIpc) is 3.51. The number of nitriles is 1. The summed E-state index contributed by atoms with van der Waals surface area (Å²) in [4.78, 5) is 42.2. The van der Waals surface area contributed by atoms with Crippen LogP contribution in [0, 0.1) is 39.2 Å². The second-order valence-corrected chi connectivity index (χ2v) is 12.3. The summed E-state index contributed by atoms with van der Waals surface area (Å²) in [5.74, 6) is -0.329. The standard InChI is InChI=1S/C32H59N7O6/c1-5-44-31(45-6-2)28(23-24(3)4)37-30(41)27(20-16-22-35-32(34)38-39(42)43)36-29(40)26(25-17-13-14-18-25)19-12-10-8-7-9-11-15-21-33/h24-28,31H,5-20,22-23H2,1-4H3,(H,36,40)(H,37,41)(H3,34,35,38)/t26?,27-,28-/m0/s1. The van der Waals surface area contributed by atoms with E-state index in [1.165, 1.54) is 0 Å². The van der Waals surface area contributed by atoms with E-state index in [1.807, 2.05) is 19.3 Å². The number of hydrazine groups is 1. The molecule has 2 amide bonds. The topological polar surface area (TPSA) is 194 Å². The number of guanidine groups is 1. The number of nitro groups is 1. The van der Waals surface area contributed by atoms with Crippen LogP contribution in [-0.4, -0.2) is 60.9 Å². The van der Waals surface area contributed by atoms with Gasteiger partial charge in [-0.25, -0.2) is 15.1 Å². The first-order valence-corrected chi connectivity index (χ1v) is 17.0. The fourth-order valence-electron chi connectivity index (χ4n) is 6.03. The number of nitrogens with one attached hydrogen (secondary N) is 3. The maximum absolute atomic E-state index is 13.8. The van der Waals surface area contributed by atoms with E-state index in [0.717, 1.165) is 70.6 Å². The predicted octanol–water partition coefficient (Wildman–Crippen LogP) is 4.73. The summed E-state index contributed by atoms with van der Waals surface area (Å²) in [6, 6.07) is 0.962.